The van der Waals surface area contributed by atoms with Crippen LogP contribution in [0.5, 0.6) is 0 Å². The third kappa shape index (κ3) is 2.72. The van der Waals surface area contributed by atoms with Crippen LogP contribution in [0.3, 0.4) is 0 Å². The number of carbonyl (C=O) groups excluding carboxylic acids is 1. The summed E-state index contributed by atoms with van der Waals surface area (Å²) in [7, 11) is 0. The van der Waals surface area contributed by atoms with Gasteiger partial charge in [0.25, 0.3) is 0 Å². The van der Waals surface area contributed by atoms with E-state index in [0.29, 0.717) is 18.3 Å². The largest absolute Gasteiger partial charge is 0.461 e. The van der Waals surface area contributed by atoms with Crippen LogP contribution in [-0.2, 0) is 4.74 Å². The first kappa shape index (κ1) is 13.1. The average molecular weight is 357 g/mol. The zero-order chi connectivity index (χ0) is 13.1. The Labute approximate surface area is 118 Å². The summed E-state index contributed by atoms with van der Waals surface area (Å²) in [6.45, 7) is 3.79. The fourth-order valence-corrected chi connectivity index (χ4v) is 2.07. The first-order valence-electron chi connectivity index (χ1n) is 5.52. The summed E-state index contributed by atoms with van der Waals surface area (Å²) in [5.41, 5.74) is 1.09. The molecule has 0 fully saturated rings. The van der Waals surface area contributed by atoms with E-state index in [9.17, 15) is 4.79 Å². The van der Waals surface area contributed by atoms with Crippen molar-refractivity contribution >= 4 is 28.6 Å². The maximum Gasteiger partial charge on any atom is 0.360 e. The second-order valence-electron chi connectivity index (χ2n) is 3.65. The minimum atomic E-state index is -0.448. The predicted octanol–water partition coefficient (Wildman–Crippen LogP) is 3.43. The minimum absolute atomic E-state index is 0.241. The molecule has 0 N–H and O–H groups in total. The summed E-state index contributed by atoms with van der Waals surface area (Å²) in [6, 6.07) is 7.73. The van der Waals surface area contributed by atoms with E-state index in [2.05, 4.69) is 27.6 Å². The molecule has 0 amide bonds. The van der Waals surface area contributed by atoms with Crippen molar-refractivity contribution < 1.29 is 13.9 Å². The van der Waals surface area contributed by atoms with E-state index in [1.807, 2.05) is 24.3 Å². The van der Waals surface area contributed by atoms with Crippen LogP contribution in [0.4, 0.5) is 0 Å². The highest BCUT2D eigenvalue weighted by Gasteiger charge is 2.18. The minimum Gasteiger partial charge on any atom is -0.461 e. The van der Waals surface area contributed by atoms with E-state index >= 15 is 0 Å². The Bertz CT molecular complexity index is 577. The number of aromatic nitrogens is 1. The SMILES string of the molecule is CCOC(=O)c1nc(-c2cccc(I)c2)oc1C. The molecule has 1 aromatic heterocycles. The lowest BCUT2D eigenvalue weighted by atomic mass is 10.2. The monoisotopic (exact) mass is 357 g/mol. The third-order valence-electron chi connectivity index (χ3n) is 2.34. The van der Waals surface area contributed by atoms with Gasteiger partial charge in [-0.25, -0.2) is 9.78 Å². The van der Waals surface area contributed by atoms with Crippen molar-refractivity contribution in [1.29, 1.82) is 0 Å². The van der Waals surface area contributed by atoms with Crippen molar-refractivity contribution in [1.82, 2.24) is 4.98 Å². The molecule has 5 heteroatoms. The molecule has 0 aliphatic carbocycles. The van der Waals surface area contributed by atoms with Crippen molar-refractivity contribution in [2.75, 3.05) is 6.61 Å². The van der Waals surface area contributed by atoms with Gasteiger partial charge in [0.15, 0.2) is 5.69 Å². The van der Waals surface area contributed by atoms with E-state index in [1.165, 1.54) is 0 Å². The lowest BCUT2D eigenvalue weighted by Crippen LogP contribution is -2.06. The predicted molar refractivity (Wildman–Crippen MR) is 75.3 cm³/mol. The smallest absolute Gasteiger partial charge is 0.360 e. The van der Waals surface area contributed by atoms with Crippen molar-refractivity contribution in [3.63, 3.8) is 0 Å². The second-order valence-corrected chi connectivity index (χ2v) is 4.90. The standard InChI is InChI=1S/C13H12INO3/c1-3-17-13(16)11-8(2)18-12(15-11)9-5-4-6-10(14)7-9/h4-7H,3H2,1-2H3. The molecule has 2 rings (SSSR count). The fraction of sp³-hybridized carbons (Fsp3) is 0.231. The molecule has 94 valence electrons. The summed E-state index contributed by atoms with van der Waals surface area (Å²) in [4.78, 5) is 15.8. The number of aryl methyl sites for hydroxylation is 1. The van der Waals surface area contributed by atoms with Crippen LogP contribution < -0.4 is 0 Å². The molecule has 4 nitrogen and oxygen atoms in total. The second kappa shape index (κ2) is 5.51. The maximum atomic E-state index is 11.6. The normalized spacial score (nSPS) is 10.4. The number of halogens is 1. The Morgan fingerprint density at radius 1 is 1.50 bits per heavy atom. The number of esters is 1. The van der Waals surface area contributed by atoms with Crippen LogP contribution in [0, 0.1) is 10.5 Å². The van der Waals surface area contributed by atoms with E-state index in [1.54, 1.807) is 13.8 Å². The topological polar surface area (TPSA) is 52.3 Å². The van der Waals surface area contributed by atoms with Crippen molar-refractivity contribution in [2.24, 2.45) is 0 Å². The van der Waals surface area contributed by atoms with Crippen LogP contribution >= 0.6 is 22.6 Å². The summed E-state index contributed by atoms with van der Waals surface area (Å²) < 4.78 is 11.5. The molecule has 0 unspecified atom stereocenters. The first-order chi connectivity index (χ1) is 8.61. The quantitative estimate of drug-likeness (QED) is 0.624. The lowest BCUT2D eigenvalue weighted by Gasteiger charge is -1.96. The third-order valence-corrected chi connectivity index (χ3v) is 3.01. The molecular weight excluding hydrogens is 345 g/mol. The Morgan fingerprint density at radius 2 is 2.28 bits per heavy atom. The van der Waals surface area contributed by atoms with Gasteiger partial charge in [-0.3, -0.25) is 0 Å². The molecule has 0 bridgehead atoms. The number of ether oxygens (including phenoxy) is 1. The van der Waals surface area contributed by atoms with Crippen LogP contribution in [0.15, 0.2) is 28.7 Å². The maximum absolute atomic E-state index is 11.6. The van der Waals surface area contributed by atoms with E-state index < -0.39 is 5.97 Å². The average Bonchev–Trinajstić information content (AvgIpc) is 2.72. The van der Waals surface area contributed by atoms with Crippen LogP contribution in [0.2, 0.25) is 0 Å². The molecule has 0 spiro atoms. The number of hydrogen-bond acceptors (Lipinski definition) is 4. The number of benzene rings is 1. The summed E-state index contributed by atoms with van der Waals surface area (Å²) in [6.07, 6.45) is 0. The molecule has 1 heterocycles. The van der Waals surface area contributed by atoms with Crippen LogP contribution in [-0.4, -0.2) is 17.6 Å². The highest BCUT2D eigenvalue weighted by molar-refractivity contribution is 14.1. The molecule has 0 saturated heterocycles. The van der Waals surface area contributed by atoms with Gasteiger partial charge in [-0.05, 0) is 54.6 Å². The Balaban J connectivity index is 2.37. The van der Waals surface area contributed by atoms with Crippen LogP contribution in [0.1, 0.15) is 23.2 Å². The van der Waals surface area contributed by atoms with Gasteiger partial charge >= 0.3 is 5.97 Å². The first-order valence-corrected chi connectivity index (χ1v) is 6.60. The van der Waals surface area contributed by atoms with E-state index in [-0.39, 0.29) is 5.69 Å². The Morgan fingerprint density at radius 3 is 2.94 bits per heavy atom. The van der Waals surface area contributed by atoms with E-state index in [4.69, 9.17) is 9.15 Å². The van der Waals surface area contributed by atoms with Crippen molar-refractivity contribution in [2.45, 2.75) is 13.8 Å². The molecule has 18 heavy (non-hydrogen) atoms. The van der Waals surface area contributed by atoms with Gasteiger partial charge in [0.1, 0.15) is 5.76 Å². The number of rotatable bonds is 3. The zero-order valence-corrected chi connectivity index (χ0v) is 12.2. The molecule has 1 aromatic carbocycles. The van der Waals surface area contributed by atoms with Crippen molar-refractivity contribution in [3.05, 3.63) is 39.3 Å². The Hall–Kier alpha value is -1.37. The lowest BCUT2D eigenvalue weighted by molar-refractivity contribution is 0.0518. The fourth-order valence-electron chi connectivity index (χ4n) is 1.53. The molecule has 0 saturated carbocycles. The van der Waals surface area contributed by atoms with Gasteiger partial charge in [-0.1, -0.05) is 6.07 Å². The number of hydrogen-bond donors (Lipinski definition) is 0. The summed E-state index contributed by atoms with van der Waals surface area (Å²) in [5.74, 6) is 0.465. The molecule has 0 aliphatic rings. The Kier molecular flexibility index (Phi) is 4.00. The molecule has 0 aliphatic heterocycles. The summed E-state index contributed by atoms with van der Waals surface area (Å²) >= 11 is 2.21. The molecule has 2 aromatic rings. The zero-order valence-electron chi connectivity index (χ0n) is 10.1. The number of nitrogens with zero attached hydrogens (tertiary/aromatic N) is 1. The van der Waals surface area contributed by atoms with Crippen LogP contribution in [0.25, 0.3) is 11.5 Å². The number of carbonyl (C=O) groups is 1. The van der Waals surface area contributed by atoms with E-state index in [0.717, 1.165) is 9.13 Å². The molecule has 0 atom stereocenters. The van der Waals surface area contributed by atoms with Crippen molar-refractivity contribution in [3.8, 4) is 11.5 Å². The number of oxazole rings is 1. The van der Waals surface area contributed by atoms with Gasteiger partial charge in [-0.15, -0.1) is 0 Å². The summed E-state index contributed by atoms with van der Waals surface area (Å²) in [5, 5.41) is 0. The van der Waals surface area contributed by atoms with Gasteiger partial charge in [0, 0.05) is 9.13 Å². The van der Waals surface area contributed by atoms with Gasteiger partial charge < -0.3 is 9.15 Å². The highest BCUT2D eigenvalue weighted by atomic mass is 127. The van der Waals surface area contributed by atoms with Gasteiger partial charge in [0.2, 0.25) is 5.89 Å². The molecular formula is C13H12INO3. The highest BCUT2D eigenvalue weighted by Crippen LogP contribution is 2.23. The van der Waals surface area contributed by atoms with Gasteiger partial charge in [0.05, 0.1) is 6.61 Å². The molecule has 0 radical (unpaired) electrons. The van der Waals surface area contributed by atoms with Gasteiger partial charge in [-0.2, -0.15) is 0 Å².